The first-order valence-electron chi connectivity index (χ1n) is 3.69. The molecule has 0 saturated heterocycles. The van der Waals surface area contributed by atoms with Crippen LogP contribution in [0, 0.1) is 12.7 Å². The van der Waals surface area contributed by atoms with E-state index in [1.165, 1.54) is 6.07 Å². The van der Waals surface area contributed by atoms with Crippen LogP contribution in [0.15, 0.2) is 18.2 Å². The lowest BCUT2D eigenvalue weighted by Gasteiger charge is -2.02. The molecule has 0 aliphatic carbocycles. The lowest BCUT2D eigenvalue weighted by molar-refractivity contribution is 0.624. The molecule has 2 N–H and O–H groups in total. The molecule has 1 rings (SSSR count). The van der Waals surface area contributed by atoms with Crippen molar-refractivity contribution in [1.29, 1.82) is 0 Å². The van der Waals surface area contributed by atoms with Gasteiger partial charge in [-0.05, 0) is 43.1 Å². The summed E-state index contributed by atoms with van der Waals surface area (Å²) < 4.78 is 12.6. The molecule has 0 radical (unpaired) electrons. The molecule has 0 heterocycles. The first kappa shape index (κ1) is 11.4. The van der Waals surface area contributed by atoms with Gasteiger partial charge in [-0.1, -0.05) is 6.07 Å². The van der Waals surface area contributed by atoms with Crippen LogP contribution in [0.5, 0.6) is 0 Å². The molecule has 0 amide bonds. The second kappa shape index (κ2) is 5.12. The zero-order chi connectivity index (χ0) is 8.27. The Morgan fingerprint density at radius 3 is 2.67 bits per heavy atom. The summed E-state index contributed by atoms with van der Waals surface area (Å²) >= 11 is 0. The maximum atomic E-state index is 12.6. The Morgan fingerprint density at radius 2 is 2.08 bits per heavy atom. The van der Waals surface area contributed by atoms with Crippen LogP contribution in [0.2, 0.25) is 0 Å². The summed E-state index contributed by atoms with van der Waals surface area (Å²) in [6, 6.07) is 4.79. The van der Waals surface area contributed by atoms with Crippen LogP contribution in [0.3, 0.4) is 0 Å². The summed E-state index contributed by atoms with van der Waals surface area (Å²) in [5.41, 5.74) is 7.47. The molecule has 0 saturated carbocycles. The Kier molecular flexibility index (Phi) is 4.86. The molecule has 0 aliphatic heterocycles. The monoisotopic (exact) mass is 189 g/mol. The molecule has 1 nitrogen and oxygen atoms in total. The normalized spacial score (nSPS) is 9.25. The van der Waals surface area contributed by atoms with Crippen molar-refractivity contribution < 1.29 is 4.39 Å². The van der Waals surface area contributed by atoms with Gasteiger partial charge >= 0.3 is 0 Å². The van der Waals surface area contributed by atoms with E-state index >= 15 is 0 Å². The lowest BCUT2D eigenvalue weighted by Crippen LogP contribution is -2.04. The van der Waals surface area contributed by atoms with Crippen molar-refractivity contribution in [2.45, 2.75) is 13.3 Å². The molecular formula is C9H13ClFN. The van der Waals surface area contributed by atoms with Gasteiger partial charge in [0.25, 0.3) is 0 Å². The topological polar surface area (TPSA) is 26.0 Å². The fourth-order valence-corrected chi connectivity index (χ4v) is 1.06. The number of rotatable bonds is 2. The van der Waals surface area contributed by atoms with Gasteiger partial charge in [0.2, 0.25) is 0 Å². The summed E-state index contributed by atoms with van der Waals surface area (Å²) in [5.74, 6) is -0.181. The van der Waals surface area contributed by atoms with Crippen molar-refractivity contribution in [3.8, 4) is 0 Å². The summed E-state index contributed by atoms with van der Waals surface area (Å²) in [7, 11) is 0. The third kappa shape index (κ3) is 2.80. The summed E-state index contributed by atoms with van der Waals surface area (Å²) in [6.07, 6.45) is 0.754. The second-order valence-electron chi connectivity index (χ2n) is 2.61. The average Bonchev–Trinajstić information content (AvgIpc) is 1.98. The molecule has 1 aromatic carbocycles. The van der Waals surface area contributed by atoms with Crippen LogP contribution in [-0.4, -0.2) is 6.54 Å². The highest BCUT2D eigenvalue weighted by molar-refractivity contribution is 5.85. The van der Waals surface area contributed by atoms with Gasteiger partial charge in [-0.15, -0.1) is 12.4 Å². The Labute approximate surface area is 78.2 Å². The van der Waals surface area contributed by atoms with Gasteiger partial charge in [-0.25, -0.2) is 4.39 Å². The zero-order valence-electron chi connectivity index (χ0n) is 7.01. The van der Waals surface area contributed by atoms with Crippen molar-refractivity contribution in [3.05, 3.63) is 35.1 Å². The molecule has 0 atom stereocenters. The number of benzene rings is 1. The summed E-state index contributed by atoms with van der Waals surface area (Å²) in [6.45, 7) is 2.54. The van der Waals surface area contributed by atoms with Crippen molar-refractivity contribution in [2.75, 3.05) is 6.54 Å². The zero-order valence-corrected chi connectivity index (χ0v) is 7.83. The minimum Gasteiger partial charge on any atom is -0.330 e. The number of hydrogen-bond donors (Lipinski definition) is 1. The fourth-order valence-electron chi connectivity index (χ4n) is 1.06. The molecule has 0 aromatic heterocycles. The molecule has 0 bridgehead atoms. The van der Waals surface area contributed by atoms with Crippen LogP contribution in [0.4, 0.5) is 4.39 Å². The number of nitrogens with two attached hydrogens (primary N) is 1. The van der Waals surface area contributed by atoms with Crippen LogP contribution in [-0.2, 0) is 6.42 Å². The first-order valence-corrected chi connectivity index (χ1v) is 3.69. The predicted octanol–water partition coefficient (Wildman–Crippen LogP) is 2.06. The minimum absolute atomic E-state index is 0. The van der Waals surface area contributed by atoms with E-state index < -0.39 is 0 Å². The Hall–Kier alpha value is -0.600. The molecule has 0 aliphatic rings. The van der Waals surface area contributed by atoms with E-state index in [4.69, 9.17) is 5.73 Å². The van der Waals surface area contributed by atoms with Crippen LogP contribution in [0.25, 0.3) is 0 Å². The average molecular weight is 190 g/mol. The highest BCUT2D eigenvalue weighted by Gasteiger charge is 1.97. The summed E-state index contributed by atoms with van der Waals surface area (Å²) in [5, 5.41) is 0. The van der Waals surface area contributed by atoms with E-state index in [0.717, 1.165) is 17.5 Å². The standard InChI is InChI=1S/C9H12FN.ClH/c1-7-2-3-9(10)6-8(7)4-5-11;/h2-3,6H,4-5,11H2,1H3;1H. The van der Waals surface area contributed by atoms with Gasteiger partial charge < -0.3 is 5.73 Å². The third-order valence-electron chi connectivity index (χ3n) is 1.72. The Morgan fingerprint density at radius 1 is 1.42 bits per heavy atom. The van der Waals surface area contributed by atoms with Gasteiger partial charge in [0.1, 0.15) is 5.82 Å². The van der Waals surface area contributed by atoms with E-state index in [2.05, 4.69) is 0 Å². The molecule has 0 unspecified atom stereocenters. The Balaban J connectivity index is 0.00000121. The minimum atomic E-state index is -0.181. The highest BCUT2D eigenvalue weighted by atomic mass is 35.5. The number of hydrogen-bond acceptors (Lipinski definition) is 1. The van der Waals surface area contributed by atoms with Gasteiger partial charge in [0, 0.05) is 0 Å². The molecule has 0 spiro atoms. The van der Waals surface area contributed by atoms with Crippen molar-refractivity contribution in [3.63, 3.8) is 0 Å². The second-order valence-corrected chi connectivity index (χ2v) is 2.61. The van der Waals surface area contributed by atoms with Gasteiger partial charge in [-0.2, -0.15) is 0 Å². The molecule has 1 aromatic rings. The smallest absolute Gasteiger partial charge is 0.123 e. The highest BCUT2D eigenvalue weighted by Crippen LogP contribution is 2.09. The molecular weight excluding hydrogens is 177 g/mol. The van der Waals surface area contributed by atoms with Gasteiger partial charge in [0.15, 0.2) is 0 Å². The SMILES string of the molecule is Cc1ccc(F)cc1CCN.Cl. The van der Waals surface area contributed by atoms with E-state index in [1.807, 2.05) is 6.92 Å². The van der Waals surface area contributed by atoms with E-state index in [0.29, 0.717) is 6.54 Å². The van der Waals surface area contributed by atoms with Crippen LogP contribution in [0.1, 0.15) is 11.1 Å². The Bertz CT molecular complexity index is 250. The molecule has 0 fully saturated rings. The van der Waals surface area contributed by atoms with Gasteiger partial charge in [0.05, 0.1) is 0 Å². The molecule has 12 heavy (non-hydrogen) atoms. The maximum Gasteiger partial charge on any atom is 0.123 e. The lowest BCUT2D eigenvalue weighted by atomic mass is 10.1. The molecule has 68 valence electrons. The molecule has 3 heteroatoms. The number of halogens is 2. The third-order valence-corrected chi connectivity index (χ3v) is 1.72. The summed E-state index contributed by atoms with van der Waals surface area (Å²) in [4.78, 5) is 0. The van der Waals surface area contributed by atoms with Crippen molar-refractivity contribution >= 4 is 12.4 Å². The van der Waals surface area contributed by atoms with Crippen LogP contribution < -0.4 is 5.73 Å². The number of aryl methyl sites for hydroxylation is 1. The van der Waals surface area contributed by atoms with Crippen molar-refractivity contribution in [1.82, 2.24) is 0 Å². The van der Waals surface area contributed by atoms with Crippen molar-refractivity contribution in [2.24, 2.45) is 5.73 Å². The van der Waals surface area contributed by atoms with E-state index in [1.54, 1.807) is 12.1 Å². The largest absolute Gasteiger partial charge is 0.330 e. The fraction of sp³-hybridized carbons (Fsp3) is 0.333. The van der Waals surface area contributed by atoms with Crippen LogP contribution >= 0.6 is 12.4 Å². The van der Waals surface area contributed by atoms with Gasteiger partial charge in [-0.3, -0.25) is 0 Å². The quantitative estimate of drug-likeness (QED) is 0.758. The first-order chi connectivity index (χ1) is 5.24. The predicted molar refractivity (Wildman–Crippen MR) is 51.1 cm³/mol. The van der Waals surface area contributed by atoms with E-state index in [-0.39, 0.29) is 18.2 Å². The maximum absolute atomic E-state index is 12.6. The van der Waals surface area contributed by atoms with E-state index in [9.17, 15) is 4.39 Å².